The fourth-order valence-corrected chi connectivity index (χ4v) is 6.69. The van der Waals surface area contributed by atoms with Gasteiger partial charge < -0.3 is 26.2 Å². The minimum Gasteiger partial charge on any atom is -0.508 e. The summed E-state index contributed by atoms with van der Waals surface area (Å²) in [7, 11) is 0. The zero-order chi connectivity index (χ0) is 28.2. The van der Waals surface area contributed by atoms with Crippen molar-refractivity contribution in [3.63, 3.8) is 0 Å². The summed E-state index contributed by atoms with van der Waals surface area (Å²) in [5, 5.41) is 44.1. The van der Waals surface area contributed by atoms with Crippen LogP contribution in [0.15, 0.2) is 46.8 Å². The fourth-order valence-electron chi connectivity index (χ4n) is 6.69. The second kappa shape index (κ2) is 9.81. The highest BCUT2D eigenvalue weighted by atomic mass is 16.3. The van der Waals surface area contributed by atoms with Crippen molar-refractivity contribution in [2.24, 2.45) is 17.6 Å². The number of hydrogen-bond acceptors (Lipinski definition) is 8. The van der Waals surface area contributed by atoms with Gasteiger partial charge in [0.05, 0.1) is 5.56 Å². The average molecular weight is 535 g/mol. The molecule has 39 heavy (non-hydrogen) atoms. The molecule has 9 heteroatoms. The number of phenols is 1. The van der Waals surface area contributed by atoms with Crippen molar-refractivity contribution in [2.75, 3.05) is 19.6 Å². The summed E-state index contributed by atoms with van der Waals surface area (Å²) in [4.78, 5) is 40.4. The Bertz CT molecular complexity index is 1410. The van der Waals surface area contributed by atoms with Gasteiger partial charge in [0.2, 0.25) is 5.78 Å². The number of carbonyl (C=O) groups is 3. The molecule has 0 spiro atoms. The van der Waals surface area contributed by atoms with Gasteiger partial charge in [0.25, 0.3) is 5.91 Å². The molecule has 1 saturated heterocycles. The number of benzene rings is 1. The molecule has 0 radical (unpaired) electrons. The van der Waals surface area contributed by atoms with Gasteiger partial charge in [0.15, 0.2) is 11.4 Å². The molecule has 6 N–H and O–H groups in total. The molecule has 1 saturated carbocycles. The number of rotatable bonds is 5. The first-order valence-corrected chi connectivity index (χ1v) is 13.3. The van der Waals surface area contributed by atoms with Gasteiger partial charge in [-0.05, 0) is 81.3 Å². The molecule has 1 aromatic rings. The summed E-state index contributed by atoms with van der Waals surface area (Å²) in [6.45, 7) is 7.14. The number of allylic oxidation sites excluding steroid dienone is 3. The van der Waals surface area contributed by atoms with Crippen LogP contribution in [-0.2, 0) is 20.8 Å². The molecule has 2 fully saturated rings. The van der Waals surface area contributed by atoms with Crippen molar-refractivity contribution >= 4 is 28.8 Å². The van der Waals surface area contributed by atoms with Crippen LogP contribution in [0.25, 0.3) is 11.3 Å². The SMILES string of the molecule is C/C(=C\C=C(/C)c1ccc(O)c2c1C[C@H]1C[C@H]3CC(=O)C(C(N)=O)=C(O)[C@@]3(O)C(=O)C1=C2O)CN1CCCC1. The third-order valence-corrected chi connectivity index (χ3v) is 8.66. The number of ketones is 2. The summed E-state index contributed by atoms with van der Waals surface area (Å²) in [6, 6.07) is 3.23. The summed E-state index contributed by atoms with van der Waals surface area (Å²) in [5.74, 6) is -6.28. The molecule has 3 aliphatic carbocycles. The van der Waals surface area contributed by atoms with Crippen LogP contribution >= 0.6 is 0 Å². The van der Waals surface area contributed by atoms with E-state index >= 15 is 0 Å². The lowest BCUT2D eigenvalue weighted by molar-refractivity contribution is -0.147. The van der Waals surface area contributed by atoms with Crippen molar-refractivity contribution in [1.82, 2.24) is 4.90 Å². The van der Waals surface area contributed by atoms with Gasteiger partial charge in [-0.25, -0.2) is 0 Å². The molecular weight excluding hydrogens is 500 g/mol. The predicted octanol–water partition coefficient (Wildman–Crippen LogP) is 2.87. The van der Waals surface area contributed by atoms with E-state index in [0.717, 1.165) is 30.8 Å². The summed E-state index contributed by atoms with van der Waals surface area (Å²) >= 11 is 0. The van der Waals surface area contributed by atoms with Crippen molar-refractivity contribution in [3.05, 3.63) is 63.5 Å². The van der Waals surface area contributed by atoms with E-state index in [1.165, 1.54) is 24.5 Å². The first-order valence-electron chi connectivity index (χ1n) is 13.3. The minimum absolute atomic E-state index is 0.102. The number of hydrogen-bond donors (Lipinski definition) is 5. The van der Waals surface area contributed by atoms with E-state index in [1.54, 1.807) is 6.07 Å². The molecule has 1 aromatic carbocycles. The summed E-state index contributed by atoms with van der Waals surface area (Å²) < 4.78 is 0. The van der Waals surface area contributed by atoms with Crippen molar-refractivity contribution < 1.29 is 34.8 Å². The van der Waals surface area contributed by atoms with E-state index in [-0.39, 0.29) is 36.1 Å². The average Bonchev–Trinajstić information content (AvgIpc) is 3.37. The van der Waals surface area contributed by atoms with E-state index < -0.39 is 52.0 Å². The van der Waals surface area contributed by atoms with Gasteiger partial charge in [-0.1, -0.05) is 23.8 Å². The van der Waals surface area contributed by atoms with Crippen LogP contribution in [0.4, 0.5) is 0 Å². The Morgan fingerprint density at radius 2 is 1.79 bits per heavy atom. The third-order valence-electron chi connectivity index (χ3n) is 8.66. The number of likely N-dealkylation sites (tertiary alicyclic amines) is 1. The Morgan fingerprint density at radius 1 is 1.10 bits per heavy atom. The van der Waals surface area contributed by atoms with Crippen molar-refractivity contribution in [3.8, 4) is 5.75 Å². The quantitative estimate of drug-likeness (QED) is 0.285. The Balaban J connectivity index is 1.55. The van der Waals surface area contributed by atoms with Crippen LogP contribution in [-0.4, -0.2) is 68.0 Å². The van der Waals surface area contributed by atoms with E-state index in [9.17, 15) is 34.8 Å². The monoisotopic (exact) mass is 534 g/mol. The van der Waals surface area contributed by atoms with Gasteiger partial charge in [-0.15, -0.1) is 0 Å². The lowest BCUT2D eigenvalue weighted by Crippen LogP contribution is -2.58. The number of carbonyl (C=O) groups excluding carboxylic acids is 3. The number of aliphatic hydroxyl groups excluding tert-OH is 2. The fraction of sp³-hybridized carbons (Fsp3) is 0.433. The lowest BCUT2D eigenvalue weighted by atomic mass is 9.59. The largest absolute Gasteiger partial charge is 0.508 e. The Kier molecular flexibility index (Phi) is 6.76. The zero-order valence-corrected chi connectivity index (χ0v) is 22.2. The number of Topliss-reactive ketones (excluding diaryl/α,β-unsaturated/α-hetero) is 2. The first kappa shape index (κ1) is 26.9. The standard InChI is InChI=1S/C30H34N2O7/c1-15(14-32-9-3-4-10-32)5-6-16(2)19-7-8-21(33)24-20(19)12-17-11-18-13-22(34)25(29(31)38)28(37)30(18,39)27(36)23(17)26(24)35/h5-8,17-18,33,35,37,39H,3-4,9-14H2,1-2H3,(H2,31,38)/b15-5+,16-6+/t17-,18+,30+/m1/s1. The minimum atomic E-state index is -2.56. The normalized spacial score (nSPS) is 28.0. The highest BCUT2D eigenvalue weighted by Gasteiger charge is 2.60. The second-order valence-corrected chi connectivity index (χ2v) is 11.2. The molecule has 0 unspecified atom stereocenters. The lowest BCUT2D eigenvalue weighted by Gasteiger charge is -2.46. The molecule has 0 aromatic heterocycles. The molecule has 1 aliphatic heterocycles. The molecule has 206 valence electrons. The maximum absolute atomic E-state index is 13.6. The molecule has 1 heterocycles. The first-order chi connectivity index (χ1) is 18.4. The van der Waals surface area contributed by atoms with Crippen LogP contribution < -0.4 is 5.73 Å². The number of nitrogens with zero attached hydrogens (tertiary/aromatic N) is 1. The van der Waals surface area contributed by atoms with Crippen molar-refractivity contribution in [1.29, 1.82) is 0 Å². The summed E-state index contributed by atoms with van der Waals surface area (Å²) in [5.41, 5.74) is 5.46. The van der Waals surface area contributed by atoms with Crippen molar-refractivity contribution in [2.45, 2.75) is 51.6 Å². The van der Waals surface area contributed by atoms with Crippen LogP contribution in [0, 0.1) is 11.8 Å². The van der Waals surface area contributed by atoms with Crippen LogP contribution in [0.2, 0.25) is 0 Å². The topological polar surface area (TPSA) is 161 Å². The molecule has 9 nitrogen and oxygen atoms in total. The Hall–Kier alpha value is -3.69. The number of aliphatic hydroxyl groups is 3. The van der Waals surface area contributed by atoms with Crippen LogP contribution in [0.1, 0.15) is 56.2 Å². The molecule has 5 rings (SSSR count). The second-order valence-electron chi connectivity index (χ2n) is 11.2. The highest BCUT2D eigenvalue weighted by molar-refractivity contribution is 6.22. The molecule has 1 amide bonds. The maximum Gasteiger partial charge on any atom is 0.255 e. The molecular formula is C30H34N2O7. The highest BCUT2D eigenvalue weighted by Crippen LogP contribution is 2.52. The zero-order valence-electron chi connectivity index (χ0n) is 22.2. The predicted molar refractivity (Wildman–Crippen MR) is 144 cm³/mol. The number of amides is 1. The molecule has 4 aliphatic rings. The van der Waals surface area contributed by atoms with E-state index in [4.69, 9.17) is 5.73 Å². The number of primary amides is 1. The van der Waals surface area contributed by atoms with E-state index in [0.29, 0.717) is 5.56 Å². The van der Waals surface area contributed by atoms with Gasteiger partial charge in [-0.3, -0.25) is 19.3 Å². The third kappa shape index (κ3) is 4.30. The molecule has 3 atom stereocenters. The van der Waals surface area contributed by atoms with Gasteiger partial charge in [0.1, 0.15) is 22.8 Å². The van der Waals surface area contributed by atoms with Gasteiger partial charge in [0, 0.05) is 24.5 Å². The van der Waals surface area contributed by atoms with E-state index in [2.05, 4.69) is 17.9 Å². The Morgan fingerprint density at radius 3 is 2.46 bits per heavy atom. The molecule has 0 bridgehead atoms. The number of phenolic OH excluding ortho intramolecular Hbond substituents is 1. The van der Waals surface area contributed by atoms with Crippen LogP contribution in [0.3, 0.4) is 0 Å². The van der Waals surface area contributed by atoms with Gasteiger partial charge in [-0.2, -0.15) is 0 Å². The number of nitrogens with two attached hydrogens (primary N) is 1. The number of fused-ring (bicyclic) bond motifs is 3. The summed E-state index contributed by atoms with van der Waals surface area (Å²) in [6.07, 6.45) is 6.57. The Labute approximate surface area is 226 Å². The van der Waals surface area contributed by atoms with Gasteiger partial charge >= 0.3 is 0 Å². The van der Waals surface area contributed by atoms with Crippen LogP contribution in [0.5, 0.6) is 5.75 Å². The smallest absolute Gasteiger partial charge is 0.255 e. The number of aromatic hydroxyl groups is 1. The maximum atomic E-state index is 13.6. The van der Waals surface area contributed by atoms with E-state index in [1.807, 2.05) is 13.0 Å².